The molecule has 1 aliphatic heterocycles. The molecule has 27 heavy (non-hydrogen) atoms. The summed E-state index contributed by atoms with van der Waals surface area (Å²) in [7, 11) is 0. The minimum Gasteiger partial charge on any atom is -0.340 e. The molecule has 1 atom stereocenters. The minimum atomic E-state index is -0.0719. The molecule has 1 amide bonds. The summed E-state index contributed by atoms with van der Waals surface area (Å²) >= 11 is 0. The molecule has 0 spiro atoms. The van der Waals surface area contributed by atoms with Crippen LogP contribution in [0.5, 0.6) is 0 Å². The van der Waals surface area contributed by atoms with Crippen LogP contribution in [-0.2, 0) is 11.3 Å². The Kier molecular flexibility index (Phi) is 5.04. The lowest BCUT2D eigenvalue weighted by Crippen LogP contribution is -2.41. The van der Waals surface area contributed by atoms with Crippen LogP contribution in [0, 0.1) is 5.92 Å². The van der Waals surface area contributed by atoms with Gasteiger partial charge in [-0.25, -0.2) is 19.6 Å². The SMILES string of the molecule is O=C(Nc1ccc(Cn2cncn2)cc1)[C@H]1CCCN(c2ncccn2)C1. The third-order valence-electron chi connectivity index (χ3n) is 4.66. The largest absolute Gasteiger partial charge is 0.340 e. The summed E-state index contributed by atoms with van der Waals surface area (Å²) in [6, 6.07) is 9.62. The summed E-state index contributed by atoms with van der Waals surface area (Å²) in [5.74, 6) is 0.657. The van der Waals surface area contributed by atoms with Crippen LogP contribution in [0.15, 0.2) is 55.4 Å². The van der Waals surface area contributed by atoms with Gasteiger partial charge in [0.2, 0.25) is 11.9 Å². The molecule has 0 aliphatic carbocycles. The quantitative estimate of drug-likeness (QED) is 0.746. The summed E-state index contributed by atoms with van der Waals surface area (Å²) in [5, 5.41) is 7.13. The smallest absolute Gasteiger partial charge is 0.229 e. The van der Waals surface area contributed by atoms with Gasteiger partial charge in [0.25, 0.3) is 0 Å². The van der Waals surface area contributed by atoms with Crippen molar-refractivity contribution in [2.75, 3.05) is 23.3 Å². The number of amides is 1. The molecular weight excluding hydrogens is 342 g/mol. The molecule has 0 bridgehead atoms. The van der Waals surface area contributed by atoms with E-state index in [-0.39, 0.29) is 11.8 Å². The van der Waals surface area contributed by atoms with Gasteiger partial charge in [-0.15, -0.1) is 0 Å². The van der Waals surface area contributed by atoms with Crippen molar-refractivity contribution in [3.8, 4) is 0 Å². The van der Waals surface area contributed by atoms with E-state index >= 15 is 0 Å². The molecule has 1 fully saturated rings. The number of anilines is 2. The Morgan fingerprint density at radius 1 is 1.19 bits per heavy atom. The van der Waals surface area contributed by atoms with Gasteiger partial charge in [0, 0.05) is 31.2 Å². The van der Waals surface area contributed by atoms with E-state index in [9.17, 15) is 4.79 Å². The van der Waals surface area contributed by atoms with Gasteiger partial charge >= 0.3 is 0 Å². The first-order chi connectivity index (χ1) is 13.3. The molecule has 0 unspecified atom stereocenters. The first-order valence-electron chi connectivity index (χ1n) is 9.02. The van der Waals surface area contributed by atoms with Crippen LogP contribution in [0.25, 0.3) is 0 Å². The second-order valence-electron chi connectivity index (χ2n) is 6.61. The second-order valence-corrected chi connectivity index (χ2v) is 6.61. The van der Waals surface area contributed by atoms with Crippen LogP contribution >= 0.6 is 0 Å². The highest BCUT2D eigenvalue weighted by molar-refractivity contribution is 5.93. The van der Waals surface area contributed by atoms with Gasteiger partial charge in [-0.3, -0.25) is 4.79 Å². The number of hydrogen-bond donors (Lipinski definition) is 1. The van der Waals surface area contributed by atoms with E-state index in [4.69, 9.17) is 0 Å². The Hall–Kier alpha value is -3.29. The maximum atomic E-state index is 12.7. The van der Waals surface area contributed by atoms with E-state index in [1.54, 1.807) is 29.5 Å². The number of carbonyl (C=O) groups is 1. The highest BCUT2D eigenvalue weighted by Crippen LogP contribution is 2.21. The van der Waals surface area contributed by atoms with E-state index in [1.165, 1.54) is 6.33 Å². The average molecular weight is 363 g/mol. The zero-order chi connectivity index (χ0) is 18.5. The Bertz CT molecular complexity index is 865. The number of rotatable bonds is 5. The molecule has 0 saturated carbocycles. The number of nitrogens with one attached hydrogen (secondary N) is 1. The highest BCUT2D eigenvalue weighted by atomic mass is 16.1. The first kappa shape index (κ1) is 17.1. The minimum absolute atomic E-state index is 0.0413. The Morgan fingerprint density at radius 2 is 2.00 bits per heavy atom. The van der Waals surface area contributed by atoms with Crippen LogP contribution in [0.1, 0.15) is 18.4 Å². The van der Waals surface area contributed by atoms with Gasteiger partial charge in [0.15, 0.2) is 0 Å². The van der Waals surface area contributed by atoms with Gasteiger partial charge in [-0.1, -0.05) is 12.1 Å². The zero-order valence-electron chi connectivity index (χ0n) is 14.9. The maximum Gasteiger partial charge on any atom is 0.229 e. The molecule has 3 aromatic rings. The summed E-state index contributed by atoms with van der Waals surface area (Å²) < 4.78 is 1.76. The van der Waals surface area contributed by atoms with Crippen molar-refractivity contribution < 1.29 is 4.79 Å². The van der Waals surface area contributed by atoms with Crippen molar-refractivity contribution in [1.82, 2.24) is 24.7 Å². The average Bonchev–Trinajstić information content (AvgIpc) is 3.23. The van der Waals surface area contributed by atoms with Crippen molar-refractivity contribution in [3.63, 3.8) is 0 Å². The van der Waals surface area contributed by atoms with Gasteiger partial charge in [-0.05, 0) is 36.6 Å². The Balaban J connectivity index is 1.35. The number of benzene rings is 1. The molecule has 8 heteroatoms. The van der Waals surface area contributed by atoms with Crippen molar-refractivity contribution in [3.05, 3.63) is 60.9 Å². The lowest BCUT2D eigenvalue weighted by atomic mass is 9.97. The fraction of sp³-hybridized carbons (Fsp3) is 0.316. The molecule has 8 nitrogen and oxygen atoms in total. The number of carbonyl (C=O) groups excluding carboxylic acids is 1. The molecule has 1 aromatic carbocycles. The van der Waals surface area contributed by atoms with E-state index in [2.05, 4.69) is 30.3 Å². The van der Waals surface area contributed by atoms with Gasteiger partial charge < -0.3 is 10.2 Å². The lowest BCUT2D eigenvalue weighted by molar-refractivity contribution is -0.120. The lowest BCUT2D eigenvalue weighted by Gasteiger charge is -2.31. The molecule has 1 N–H and O–H groups in total. The van der Waals surface area contributed by atoms with Gasteiger partial charge in [0.1, 0.15) is 12.7 Å². The van der Waals surface area contributed by atoms with Gasteiger partial charge in [-0.2, -0.15) is 5.10 Å². The second kappa shape index (κ2) is 7.94. The third-order valence-corrected chi connectivity index (χ3v) is 4.66. The molecule has 3 heterocycles. The van der Waals surface area contributed by atoms with E-state index in [0.717, 1.165) is 30.6 Å². The van der Waals surface area contributed by atoms with Crippen LogP contribution in [0.4, 0.5) is 11.6 Å². The summed E-state index contributed by atoms with van der Waals surface area (Å²) in [6.45, 7) is 2.17. The topological polar surface area (TPSA) is 88.8 Å². The van der Waals surface area contributed by atoms with Crippen molar-refractivity contribution in [2.45, 2.75) is 19.4 Å². The Labute approximate surface area is 157 Å². The van der Waals surface area contributed by atoms with E-state index in [0.29, 0.717) is 19.0 Å². The van der Waals surface area contributed by atoms with Crippen molar-refractivity contribution in [2.24, 2.45) is 5.92 Å². The summed E-state index contributed by atoms with van der Waals surface area (Å²) in [6.07, 6.45) is 8.48. The van der Waals surface area contributed by atoms with Crippen molar-refractivity contribution >= 4 is 17.5 Å². The molecule has 4 rings (SSSR count). The van der Waals surface area contributed by atoms with Crippen molar-refractivity contribution in [1.29, 1.82) is 0 Å². The number of piperidine rings is 1. The van der Waals surface area contributed by atoms with Crippen LogP contribution < -0.4 is 10.2 Å². The number of aromatic nitrogens is 5. The molecular formula is C19H21N7O. The predicted molar refractivity (Wildman–Crippen MR) is 101 cm³/mol. The van der Waals surface area contributed by atoms with Gasteiger partial charge in [0.05, 0.1) is 12.5 Å². The summed E-state index contributed by atoms with van der Waals surface area (Å²) in [5.41, 5.74) is 1.90. The molecule has 1 aliphatic rings. The van der Waals surface area contributed by atoms with Crippen LogP contribution in [0.2, 0.25) is 0 Å². The normalized spacial score (nSPS) is 16.9. The number of hydrogen-bond acceptors (Lipinski definition) is 6. The molecule has 0 radical (unpaired) electrons. The summed E-state index contributed by atoms with van der Waals surface area (Å²) in [4.78, 5) is 27.3. The van der Waals surface area contributed by atoms with Crippen LogP contribution in [0.3, 0.4) is 0 Å². The standard InChI is InChI=1S/C19H21N7O/c27-18(16-3-1-10-25(12-16)19-21-8-2-9-22-19)24-17-6-4-15(5-7-17)11-26-14-20-13-23-26/h2,4-9,13-14,16H,1,3,10-12H2,(H,24,27)/t16-/m0/s1. The van der Waals surface area contributed by atoms with Crippen LogP contribution in [-0.4, -0.2) is 43.7 Å². The zero-order valence-corrected chi connectivity index (χ0v) is 14.9. The first-order valence-corrected chi connectivity index (χ1v) is 9.02. The highest BCUT2D eigenvalue weighted by Gasteiger charge is 2.27. The maximum absolute atomic E-state index is 12.7. The number of nitrogens with zero attached hydrogens (tertiary/aromatic N) is 6. The molecule has 138 valence electrons. The Morgan fingerprint density at radius 3 is 2.74 bits per heavy atom. The molecule has 1 saturated heterocycles. The molecule has 2 aromatic heterocycles. The van der Waals surface area contributed by atoms with E-state index < -0.39 is 0 Å². The fourth-order valence-corrected chi connectivity index (χ4v) is 3.27. The monoisotopic (exact) mass is 363 g/mol. The third kappa shape index (κ3) is 4.28. The predicted octanol–water partition coefficient (Wildman–Crippen LogP) is 1.97. The fourth-order valence-electron chi connectivity index (χ4n) is 3.27. The van der Waals surface area contributed by atoms with E-state index in [1.807, 2.05) is 24.3 Å².